The number of nitro benzene ring substituents is 1. The highest BCUT2D eigenvalue weighted by Gasteiger charge is 2.23. The van der Waals surface area contributed by atoms with E-state index in [4.69, 9.17) is 5.26 Å². The zero-order chi connectivity index (χ0) is 17.0. The van der Waals surface area contributed by atoms with Crippen LogP contribution >= 0.6 is 0 Å². The number of hydrogen-bond acceptors (Lipinski definition) is 5. The van der Waals surface area contributed by atoms with Crippen LogP contribution in [-0.2, 0) is 16.6 Å². The Morgan fingerprint density at radius 3 is 2.35 bits per heavy atom. The third kappa shape index (κ3) is 3.53. The summed E-state index contributed by atoms with van der Waals surface area (Å²) in [5, 5.41) is 19.7. The van der Waals surface area contributed by atoms with Crippen molar-refractivity contribution in [3.8, 4) is 6.07 Å². The van der Waals surface area contributed by atoms with Gasteiger partial charge in [-0.1, -0.05) is 18.2 Å². The maximum Gasteiger partial charge on any atom is 0.273 e. The number of para-hydroxylation sites is 1. The van der Waals surface area contributed by atoms with E-state index in [1.807, 2.05) is 6.07 Å². The number of nitrogens with zero attached hydrogens (tertiary/aromatic N) is 3. The summed E-state index contributed by atoms with van der Waals surface area (Å²) in [7, 11) is -2.45. The number of benzene rings is 2. The normalized spacial score (nSPS) is 11.2. The van der Waals surface area contributed by atoms with Crippen molar-refractivity contribution in [1.29, 1.82) is 5.26 Å². The minimum absolute atomic E-state index is 0.0255. The second-order valence-electron chi connectivity index (χ2n) is 4.78. The lowest BCUT2D eigenvalue weighted by molar-refractivity contribution is -0.385. The number of nitro groups is 1. The molecule has 2 rings (SSSR count). The lowest BCUT2D eigenvalue weighted by Gasteiger charge is -2.17. The van der Waals surface area contributed by atoms with Gasteiger partial charge in [0.2, 0.25) is 10.0 Å². The molecule has 0 saturated heterocycles. The van der Waals surface area contributed by atoms with Gasteiger partial charge in [0.15, 0.2) is 0 Å². The third-order valence-corrected chi connectivity index (χ3v) is 5.09. The maximum atomic E-state index is 12.5. The highest BCUT2D eigenvalue weighted by atomic mass is 32.2. The SMILES string of the molecule is CN(Cc1ccccc1[N+](=O)[O-])S(=O)(=O)c1ccc(C#N)cc1. The van der Waals surface area contributed by atoms with Crippen molar-refractivity contribution in [2.75, 3.05) is 7.05 Å². The van der Waals surface area contributed by atoms with Crippen LogP contribution in [0, 0.1) is 21.4 Å². The number of sulfonamides is 1. The molecule has 0 aliphatic carbocycles. The molecular weight excluding hydrogens is 318 g/mol. The van der Waals surface area contributed by atoms with E-state index >= 15 is 0 Å². The van der Waals surface area contributed by atoms with E-state index in [9.17, 15) is 18.5 Å². The summed E-state index contributed by atoms with van der Waals surface area (Å²) in [5.74, 6) is 0. The molecule has 0 atom stereocenters. The molecule has 8 heteroatoms. The van der Waals surface area contributed by atoms with Crippen LogP contribution < -0.4 is 0 Å². The van der Waals surface area contributed by atoms with E-state index in [0.29, 0.717) is 11.1 Å². The fourth-order valence-electron chi connectivity index (χ4n) is 2.03. The zero-order valence-corrected chi connectivity index (χ0v) is 13.0. The van der Waals surface area contributed by atoms with Gasteiger partial charge in [-0.2, -0.15) is 9.57 Å². The van der Waals surface area contributed by atoms with Gasteiger partial charge in [0, 0.05) is 25.2 Å². The van der Waals surface area contributed by atoms with E-state index in [0.717, 1.165) is 4.31 Å². The average Bonchev–Trinajstić information content (AvgIpc) is 2.55. The van der Waals surface area contributed by atoms with Crippen molar-refractivity contribution < 1.29 is 13.3 Å². The average molecular weight is 331 g/mol. The van der Waals surface area contributed by atoms with Gasteiger partial charge in [-0.15, -0.1) is 0 Å². The molecule has 0 N–H and O–H groups in total. The topological polar surface area (TPSA) is 104 Å². The van der Waals surface area contributed by atoms with E-state index in [1.165, 1.54) is 49.5 Å². The molecule has 0 amide bonds. The second-order valence-corrected chi connectivity index (χ2v) is 6.83. The highest BCUT2D eigenvalue weighted by molar-refractivity contribution is 7.89. The quantitative estimate of drug-likeness (QED) is 0.617. The molecule has 0 fully saturated rings. The Labute approximate surface area is 133 Å². The van der Waals surface area contributed by atoms with Gasteiger partial charge < -0.3 is 0 Å². The first-order valence-corrected chi connectivity index (χ1v) is 7.99. The van der Waals surface area contributed by atoms with Crippen molar-refractivity contribution in [3.05, 3.63) is 69.8 Å². The molecule has 0 aliphatic heterocycles. The van der Waals surface area contributed by atoms with Gasteiger partial charge in [0.1, 0.15) is 0 Å². The maximum absolute atomic E-state index is 12.5. The Bertz CT molecular complexity index is 870. The van der Waals surface area contributed by atoms with Crippen LogP contribution in [0.2, 0.25) is 0 Å². The molecule has 0 aliphatic rings. The Morgan fingerprint density at radius 2 is 1.78 bits per heavy atom. The Morgan fingerprint density at radius 1 is 1.17 bits per heavy atom. The van der Waals surface area contributed by atoms with Crippen LogP contribution in [-0.4, -0.2) is 24.7 Å². The second kappa shape index (κ2) is 6.56. The first-order chi connectivity index (χ1) is 10.9. The van der Waals surface area contributed by atoms with Gasteiger partial charge in [0.25, 0.3) is 5.69 Å². The van der Waals surface area contributed by atoms with Crippen molar-refractivity contribution in [2.24, 2.45) is 0 Å². The van der Waals surface area contributed by atoms with Gasteiger partial charge in [0.05, 0.1) is 21.5 Å². The van der Waals surface area contributed by atoms with Crippen LogP contribution in [0.25, 0.3) is 0 Å². The fourth-order valence-corrected chi connectivity index (χ4v) is 3.18. The summed E-state index contributed by atoms with van der Waals surface area (Å²) in [5.41, 5.74) is 0.525. The Balaban J connectivity index is 2.31. The minimum Gasteiger partial charge on any atom is -0.258 e. The Hall–Kier alpha value is -2.76. The van der Waals surface area contributed by atoms with Crippen LogP contribution in [0.4, 0.5) is 5.69 Å². The van der Waals surface area contributed by atoms with Gasteiger partial charge in [-0.25, -0.2) is 8.42 Å². The molecule has 23 heavy (non-hydrogen) atoms. The smallest absolute Gasteiger partial charge is 0.258 e. The summed E-state index contributed by atoms with van der Waals surface area (Å²) in [6.07, 6.45) is 0. The first-order valence-electron chi connectivity index (χ1n) is 6.55. The predicted molar refractivity (Wildman–Crippen MR) is 82.9 cm³/mol. The van der Waals surface area contributed by atoms with Crippen LogP contribution in [0.5, 0.6) is 0 Å². The summed E-state index contributed by atoms with van der Waals surface area (Å²) in [6, 6.07) is 13.4. The fraction of sp³-hybridized carbons (Fsp3) is 0.133. The monoisotopic (exact) mass is 331 g/mol. The van der Waals surface area contributed by atoms with Crippen LogP contribution in [0.15, 0.2) is 53.4 Å². The molecule has 118 valence electrons. The number of nitriles is 1. The lowest BCUT2D eigenvalue weighted by Crippen LogP contribution is -2.26. The summed E-state index contributed by atoms with van der Waals surface area (Å²) >= 11 is 0. The van der Waals surface area contributed by atoms with Crippen LogP contribution in [0.1, 0.15) is 11.1 Å². The van der Waals surface area contributed by atoms with Gasteiger partial charge in [-0.3, -0.25) is 10.1 Å². The van der Waals surface area contributed by atoms with Gasteiger partial charge in [-0.05, 0) is 24.3 Å². The minimum atomic E-state index is -3.80. The van der Waals surface area contributed by atoms with Crippen molar-refractivity contribution in [1.82, 2.24) is 4.31 Å². The first kappa shape index (κ1) is 16.6. The third-order valence-electron chi connectivity index (χ3n) is 3.27. The molecule has 0 unspecified atom stereocenters. The van der Waals surface area contributed by atoms with E-state index in [1.54, 1.807) is 6.07 Å². The zero-order valence-electron chi connectivity index (χ0n) is 12.2. The molecule has 2 aromatic rings. The highest BCUT2D eigenvalue weighted by Crippen LogP contribution is 2.22. The summed E-state index contributed by atoms with van der Waals surface area (Å²) < 4.78 is 26.0. The molecule has 0 aromatic heterocycles. The van der Waals surface area contributed by atoms with E-state index in [-0.39, 0.29) is 17.1 Å². The predicted octanol–water partition coefficient (Wildman–Crippen LogP) is 2.29. The lowest BCUT2D eigenvalue weighted by atomic mass is 10.2. The molecule has 2 aromatic carbocycles. The summed E-state index contributed by atoms with van der Waals surface area (Å²) in [6.45, 7) is -0.126. The standard InChI is InChI=1S/C15H13N3O4S/c1-17(11-13-4-2-3-5-15(13)18(19)20)23(21,22)14-8-6-12(10-16)7-9-14/h2-9H,11H2,1H3. The summed E-state index contributed by atoms with van der Waals surface area (Å²) in [4.78, 5) is 10.5. The Kier molecular flexibility index (Phi) is 4.74. The van der Waals surface area contributed by atoms with Crippen LogP contribution in [0.3, 0.4) is 0 Å². The molecule has 0 saturated carbocycles. The molecular formula is C15H13N3O4S. The van der Waals surface area contributed by atoms with Crippen molar-refractivity contribution >= 4 is 15.7 Å². The molecule has 0 spiro atoms. The number of hydrogen-bond donors (Lipinski definition) is 0. The number of rotatable bonds is 5. The largest absolute Gasteiger partial charge is 0.273 e. The van der Waals surface area contributed by atoms with Crippen molar-refractivity contribution in [3.63, 3.8) is 0 Å². The van der Waals surface area contributed by atoms with Crippen molar-refractivity contribution in [2.45, 2.75) is 11.4 Å². The molecule has 0 heterocycles. The molecule has 0 radical (unpaired) electrons. The van der Waals surface area contributed by atoms with E-state index in [2.05, 4.69) is 0 Å². The van der Waals surface area contributed by atoms with E-state index < -0.39 is 14.9 Å². The molecule has 0 bridgehead atoms. The van der Waals surface area contributed by atoms with Gasteiger partial charge >= 0.3 is 0 Å². The molecule has 7 nitrogen and oxygen atoms in total.